The molecule has 3 aromatic rings. The molecule has 130 valence electrons. The molecule has 0 bridgehead atoms. The zero-order valence-corrected chi connectivity index (χ0v) is 15.2. The SMILES string of the molecule is O=S(=O)(NCc1ccccc1COCc1ccccc1)c1cccs1. The van der Waals surface area contributed by atoms with Gasteiger partial charge in [-0.05, 0) is 28.1 Å². The minimum atomic E-state index is -3.47. The first-order valence-electron chi connectivity index (χ1n) is 7.87. The van der Waals surface area contributed by atoms with E-state index in [1.807, 2.05) is 54.6 Å². The second-order valence-electron chi connectivity index (χ2n) is 5.50. The van der Waals surface area contributed by atoms with E-state index in [-0.39, 0.29) is 6.54 Å². The summed E-state index contributed by atoms with van der Waals surface area (Å²) in [6.07, 6.45) is 0. The number of hydrogen-bond donors (Lipinski definition) is 1. The predicted octanol–water partition coefficient (Wildman–Crippen LogP) is 3.94. The molecule has 0 aliphatic heterocycles. The zero-order valence-electron chi connectivity index (χ0n) is 13.6. The van der Waals surface area contributed by atoms with Crippen molar-refractivity contribution in [2.45, 2.75) is 24.0 Å². The largest absolute Gasteiger partial charge is 0.372 e. The number of ether oxygens (including phenoxy) is 1. The van der Waals surface area contributed by atoms with Gasteiger partial charge >= 0.3 is 0 Å². The lowest BCUT2D eigenvalue weighted by Gasteiger charge is -2.11. The molecule has 0 spiro atoms. The fraction of sp³-hybridized carbons (Fsp3) is 0.158. The van der Waals surface area contributed by atoms with Gasteiger partial charge in [0.1, 0.15) is 4.21 Å². The predicted molar refractivity (Wildman–Crippen MR) is 99.7 cm³/mol. The molecule has 0 unspecified atom stereocenters. The highest BCUT2D eigenvalue weighted by atomic mass is 32.2. The lowest BCUT2D eigenvalue weighted by molar-refractivity contribution is 0.106. The van der Waals surface area contributed by atoms with Crippen molar-refractivity contribution in [3.8, 4) is 0 Å². The van der Waals surface area contributed by atoms with Crippen LogP contribution in [0.15, 0.2) is 76.3 Å². The minimum absolute atomic E-state index is 0.241. The van der Waals surface area contributed by atoms with Crippen LogP contribution in [0.2, 0.25) is 0 Å². The summed E-state index contributed by atoms with van der Waals surface area (Å²) in [5.74, 6) is 0. The van der Waals surface area contributed by atoms with Crippen molar-refractivity contribution < 1.29 is 13.2 Å². The summed E-state index contributed by atoms with van der Waals surface area (Å²) in [6, 6.07) is 21.0. The summed E-state index contributed by atoms with van der Waals surface area (Å²) >= 11 is 1.21. The Morgan fingerprint density at radius 3 is 2.28 bits per heavy atom. The van der Waals surface area contributed by atoms with Gasteiger partial charge in [0.25, 0.3) is 0 Å². The summed E-state index contributed by atoms with van der Waals surface area (Å²) in [5, 5.41) is 1.75. The quantitative estimate of drug-likeness (QED) is 0.651. The van der Waals surface area contributed by atoms with Crippen LogP contribution < -0.4 is 4.72 Å². The molecule has 6 heteroatoms. The summed E-state index contributed by atoms with van der Waals surface area (Å²) in [7, 11) is -3.47. The molecule has 25 heavy (non-hydrogen) atoms. The van der Waals surface area contributed by atoms with E-state index < -0.39 is 10.0 Å². The Balaban J connectivity index is 1.61. The molecule has 0 aliphatic rings. The molecule has 2 aromatic carbocycles. The average Bonchev–Trinajstić information content (AvgIpc) is 3.18. The molecule has 0 saturated heterocycles. The Morgan fingerprint density at radius 1 is 0.840 bits per heavy atom. The van der Waals surface area contributed by atoms with Crippen molar-refractivity contribution in [1.29, 1.82) is 0 Å². The number of benzene rings is 2. The molecule has 4 nitrogen and oxygen atoms in total. The smallest absolute Gasteiger partial charge is 0.250 e. The van der Waals surface area contributed by atoms with E-state index in [0.29, 0.717) is 17.4 Å². The number of nitrogens with one attached hydrogen (secondary N) is 1. The number of hydrogen-bond acceptors (Lipinski definition) is 4. The number of thiophene rings is 1. The van der Waals surface area contributed by atoms with Crippen molar-refractivity contribution in [3.63, 3.8) is 0 Å². The molecular formula is C19H19NO3S2. The van der Waals surface area contributed by atoms with Crippen molar-refractivity contribution in [2.75, 3.05) is 0 Å². The van der Waals surface area contributed by atoms with Gasteiger partial charge in [-0.1, -0.05) is 60.7 Å². The van der Waals surface area contributed by atoms with Crippen LogP contribution >= 0.6 is 11.3 Å². The van der Waals surface area contributed by atoms with Crippen molar-refractivity contribution in [2.24, 2.45) is 0 Å². The number of rotatable bonds is 8. The van der Waals surface area contributed by atoms with Gasteiger partial charge in [-0.2, -0.15) is 0 Å². The van der Waals surface area contributed by atoms with E-state index in [1.165, 1.54) is 11.3 Å². The van der Waals surface area contributed by atoms with Crippen LogP contribution in [0.3, 0.4) is 0 Å². The normalized spacial score (nSPS) is 11.5. The monoisotopic (exact) mass is 373 g/mol. The van der Waals surface area contributed by atoms with E-state index in [2.05, 4.69) is 4.72 Å². The molecule has 0 aliphatic carbocycles. The summed E-state index contributed by atoms with van der Waals surface area (Å²) < 4.78 is 33.2. The van der Waals surface area contributed by atoms with Crippen LogP contribution in [0.1, 0.15) is 16.7 Å². The third-order valence-electron chi connectivity index (χ3n) is 3.70. The fourth-order valence-corrected chi connectivity index (χ4v) is 4.43. The van der Waals surface area contributed by atoms with E-state index in [4.69, 9.17) is 4.74 Å². The van der Waals surface area contributed by atoms with Gasteiger partial charge in [0.15, 0.2) is 0 Å². The van der Waals surface area contributed by atoms with Gasteiger partial charge in [0.2, 0.25) is 10.0 Å². The first-order chi connectivity index (χ1) is 12.1. The fourth-order valence-electron chi connectivity index (χ4n) is 2.38. The maximum Gasteiger partial charge on any atom is 0.250 e. The molecular weight excluding hydrogens is 354 g/mol. The first kappa shape index (κ1) is 17.8. The van der Waals surface area contributed by atoms with Gasteiger partial charge in [0, 0.05) is 6.54 Å². The third-order valence-corrected chi connectivity index (χ3v) is 6.50. The Bertz CT molecular complexity index is 891. The molecule has 0 saturated carbocycles. The van der Waals surface area contributed by atoms with Crippen LogP contribution in [0.25, 0.3) is 0 Å². The van der Waals surface area contributed by atoms with Crippen molar-refractivity contribution in [3.05, 3.63) is 88.8 Å². The highest BCUT2D eigenvalue weighted by Crippen LogP contribution is 2.17. The van der Waals surface area contributed by atoms with Gasteiger partial charge in [-0.15, -0.1) is 11.3 Å². The Hall–Kier alpha value is -1.99. The Morgan fingerprint density at radius 2 is 1.56 bits per heavy atom. The molecule has 0 radical (unpaired) electrons. The summed E-state index contributed by atoms with van der Waals surface area (Å²) in [4.78, 5) is 0. The van der Waals surface area contributed by atoms with Gasteiger partial charge in [-0.25, -0.2) is 13.1 Å². The molecule has 0 fully saturated rings. The molecule has 0 amide bonds. The first-order valence-corrected chi connectivity index (χ1v) is 10.2. The summed E-state index contributed by atoms with van der Waals surface area (Å²) in [6.45, 7) is 1.20. The van der Waals surface area contributed by atoms with Gasteiger partial charge < -0.3 is 4.74 Å². The van der Waals surface area contributed by atoms with E-state index >= 15 is 0 Å². The minimum Gasteiger partial charge on any atom is -0.372 e. The molecule has 1 aromatic heterocycles. The van der Waals surface area contributed by atoms with Crippen LogP contribution in [-0.2, 0) is 34.5 Å². The Kier molecular flexibility index (Phi) is 5.99. The topological polar surface area (TPSA) is 55.4 Å². The van der Waals surface area contributed by atoms with Crippen molar-refractivity contribution in [1.82, 2.24) is 4.72 Å². The standard InChI is InChI=1S/C19H19NO3S2/c21-25(22,19-11-6-12-24-19)20-13-17-9-4-5-10-18(17)15-23-14-16-7-2-1-3-8-16/h1-12,20H,13-15H2. The molecule has 3 rings (SSSR count). The highest BCUT2D eigenvalue weighted by Gasteiger charge is 2.15. The van der Waals surface area contributed by atoms with E-state index in [9.17, 15) is 8.42 Å². The van der Waals surface area contributed by atoms with Gasteiger partial charge in [0.05, 0.1) is 13.2 Å². The van der Waals surface area contributed by atoms with Crippen molar-refractivity contribution >= 4 is 21.4 Å². The Labute approximate surface area is 152 Å². The average molecular weight is 373 g/mol. The third kappa shape index (κ3) is 4.99. The lowest BCUT2D eigenvalue weighted by atomic mass is 10.1. The van der Waals surface area contributed by atoms with Crippen LogP contribution in [-0.4, -0.2) is 8.42 Å². The van der Waals surface area contributed by atoms with Gasteiger partial charge in [-0.3, -0.25) is 0 Å². The second-order valence-corrected chi connectivity index (χ2v) is 8.45. The maximum absolute atomic E-state index is 12.2. The number of sulfonamides is 1. The van der Waals surface area contributed by atoms with Crippen LogP contribution in [0.4, 0.5) is 0 Å². The van der Waals surface area contributed by atoms with E-state index in [1.54, 1.807) is 17.5 Å². The summed E-state index contributed by atoms with van der Waals surface area (Å²) in [5.41, 5.74) is 3.00. The molecule has 1 N–H and O–H groups in total. The zero-order chi connectivity index (χ0) is 17.5. The second kappa shape index (κ2) is 8.40. The van der Waals surface area contributed by atoms with E-state index in [0.717, 1.165) is 16.7 Å². The van der Waals surface area contributed by atoms with Crippen LogP contribution in [0, 0.1) is 0 Å². The molecule has 1 heterocycles. The highest BCUT2D eigenvalue weighted by molar-refractivity contribution is 7.91. The molecule has 0 atom stereocenters. The van der Waals surface area contributed by atoms with Crippen LogP contribution in [0.5, 0.6) is 0 Å². The maximum atomic E-state index is 12.2. The lowest BCUT2D eigenvalue weighted by Crippen LogP contribution is -2.23.